The third-order valence-corrected chi connectivity index (χ3v) is 8.42. The molecule has 0 saturated carbocycles. The molecule has 0 amide bonds. The molecule has 1 aliphatic heterocycles. The smallest absolute Gasteiger partial charge is 0.279 e. The summed E-state index contributed by atoms with van der Waals surface area (Å²) < 4.78 is 41.2. The van der Waals surface area contributed by atoms with Gasteiger partial charge in [0.2, 0.25) is 15.9 Å². The van der Waals surface area contributed by atoms with Crippen LogP contribution in [0.4, 0.5) is 0 Å². The second-order valence-electron chi connectivity index (χ2n) is 9.10. The van der Waals surface area contributed by atoms with Crippen molar-refractivity contribution in [3.63, 3.8) is 0 Å². The van der Waals surface area contributed by atoms with Crippen LogP contribution >= 0.6 is 0 Å². The monoisotopic (exact) mass is 549 g/mol. The van der Waals surface area contributed by atoms with Gasteiger partial charge in [-0.1, -0.05) is 13.8 Å². The van der Waals surface area contributed by atoms with Gasteiger partial charge in [-0.3, -0.25) is 9.48 Å². The topological polar surface area (TPSA) is 156 Å². The molecule has 0 aromatic carbocycles. The zero-order valence-electron chi connectivity index (χ0n) is 22.2. The highest BCUT2D eigenvalue weighted by atomic mass is 32.2. The van der Waals surface area contributed by atoms with Crippen LogP contribution in [0.3, 0.4) is 0 Å². The highest BCUT2D eigenvalue weighted by Crippen LogP contribution is 2.31. The number of H-pyrrole nitrogens is 1. The van der Waals surface area contributed by atoms with Crippen molar-refractivity contribution < 1.29 is 23.0 Å². The zero-order chi connectivity index (χ0) is 27.4. The summed E-state index contributed by atoms with van der Waals surface area (Å²) >= 11 is 0. The number of pyridine rings is 1. The summed E-state index contributed by atoms with van der Waals surface area (Å²) in [5.74, 6) is 0.230. The van der Waals surface area contributed by atoms with Crippen molar-refractivity contribution in [1.29, 1.82) is 0 Å². The van der Waals surface area contributed by atoms with Crippen molar-refractivity contribution in [3.05, 3.63) is 28.3 Å². The Kier molecular flexibility index (Phi) is 8.78. The molecule has 1 atom stereocenters. The normalized spacial score (nSPS) is 16.2. The number of hydrogen-bond donors (Lipinski definition) is 2. The number of sulfonamides is 1. The molecule has 4 rings (SSSR count). The van der Waals surface area contributed by atoms with Gasteiger partial charge in [0.25, 0.3) is 5.56 Å². The number of aliphatic hydroxyl groups excluding tert-OH is 1. The predicted molar refractivity (Wildman–Crippen MR) is 141 cm³/mol. The fourth-order valence-corrected chi connectivity index (χ4v) is 5.95. The summed E-state index contributed by atoms with van der Waals surface area (Å²) in [7, 11) is -2.30. The summed E-state index contributed by atoms with van der Waals surface area (Å²) in [6.07, 6.45) is 1.40. The number of aromatic amines is 1. The second-order valence-corrected chi connectivity index (χ2v) is 11.0. The van der Waals surface area contributed by atoms with Crippen molar-refractivity contribution in [1.82, 2.24) is 33.9 Å². The van der Waals surface area contributed by atoms with Crippen molar-refractivity contribution in [2.45, 2.75) is 44.7 Å². The average molecular weight is 550 g/mol. The molecule has 3 aromatic rings. The van der Waals surface area contributed by atoms with E-state index in [0.29, 0.717) is 43.8 Å². The van der Waals surface area contributed by atoms with Gasteiger partial charge in [-0.05, 0) is 26.0 Å². The number of nitrogens with one attached hydrogen (secondary N) is 1. The number of aryl methyl sites for hydroxylation is 1. The molecule has 1 unspecified atom stereocenters. The van der Waals surface area contributed by atoms with Crippen LogP contribution in [0.15, 0.2) is 22.0 Å². The largest absolute Gasteiger partial charge is 0.472 e. The first-order valence-corrected chi connectivity index (χ1v) is 14.2. The van der Waals surface area contributed by atoms with Gasteiger partial charge in [0.15, 0.2) is 5.52 Å². The lowest BCUT2D eigenvalue weighted by molar-refractivity contribution is 0.0893. The van der Waals surface area contributed by atoms with Crippen molar-refractivity contribution in [2.75, 3.05) is 53.0 Å². The maximum Gasteiger partial charge on any atom is 0.279 e. The van der Waals surface area contributed by atoms with Crippen molar-refractivity contribution in [3.8, 4) is 17.3 Å². The number of fused-ring (bicyclic) bond motifs is 1. The molecule has 38 heavy (non-hydrogen) atoms. The maximum atomic E-state index is 13.5. The highest BCUT2D eigenvalue weighted by Gasteiger charge is 2.30. The summed E-state index contributed by atoms with van der Waals surface area (Å²) in [4.78, 5) is 26.9. The van der Waals surface area contributed by atoms with E-state index in [1.807, 2.05) is 13.8 Å². The molecule has 2 N–H and O–H groups in total. The summed E-state index contributed by atoms with van der Waals surface area (Å²) in [5.41, 5.74) is 0.940. The molecule has 0 aliphatic carbocycles. The minimum atomic E-state index is -3.85. The Balaban J connectivity index is 1.83. The van der Waals surface area contributed by atoms with Gasteiger partial charge < -0.3 is 24.5 Å². The number of aromatic nitrogens is 5. The Labute approximate surface area is 221 Å². The van der Waals surface area contributed by atoms with Crippen LogP contribution in [0.2, 0.25) is 0 Å². The zero-order valence-corrected chi connectivity index (χ0v) is 23.0. The maximum absolute atomic E-state index is 13.5. The van der Waals surface area contributed by atoms with Gasteiger partial charge in [0, 0.05) is 33.3 Å². The molecular weight excluding hydrogens is 514 g/mol. The Hall–Kier alpha value is -2.91. The number of methoxy groups -OCH3 is 1. The van der Waals surface area contributed by atoms with Crippen LogP contribution in [-0.2, 0) is 27.7 Å². The molecular formula is C24H35N7O6S. The van der Waals surface area contributed by atoms with Crippen molar-refractivity contribution >= 4 is 21.1 Å². The number of piperazine rings is 1. The van der Waals surface area contributed by atoms with Gasteiger partial charge in [0.1, 0.15) is 22.3 Å². The quantitative estimate of drug-likeness (QED) is 0.345. The van der Waals surface area contributed by atoms with Crippen LogP contribution in [-0.4, -0.2) is 107 Å². The van der Waals surface area contributed by atoms with E-state index in [4.69, 9.17) is 9.47 Å². The van der Waals surface area contributed by atoms with Gasteiger partial charge in [-0.2, -0.15) is 9.40 Å². The van der Waals surface area contributed by atoms with E-state index < -0.39 is 21.7 Å². The Morgan fingerprint density at radius 2 is 1.92 bits per heavy atom. The fourth-order valence-electron chi connectivity index (χ4n) is 4.55. The van der Waals surface area contributed by atoms with E-state index in [0.717, 1.165) is 6.54 Å². The molecule has 1 saturated heterocycles. The van der Waals surface area contributed by atoms with Gasteiger partial charge in [-0.25, -0.2) is 18.4 Å². The number of likely N-dealkylation sites (N-methyl/N-ethyl adjacent to an activating group) is 1. The highest BCUT2D eigenvalue weighted by molar-refractivity contribution is 7.89. The summed E-state index contributed by atoms with van der Waals surface area (Å²) in [6, 6.07) is 1.44. The lowest BCUT2D eigenvalue weighted by Gasteiger charge is -2.33. The molecule has 208 valence electrons. The number of hydrogen-bond acceptors (Lipinski definition) is 10. The fraction of sp³-hybridized carbons (Fsp3) is 0.583. The summed E-state index contributed by atoms with van der Waals surface area (Å²) in [5, 5.41) is 13.7. The minimum absolute atomic E-state index is 0.0152. The van der Waals surface area contributed by atoms with Crippen LogP contribution < -0.4 is 10.3 Å². The Bertz CT molecular complexity index is 1430. The first-order valence-electron chi connectivity index (χ1n) is 12.7. The van der Waals surface area contributed by atoms with E-state index in [-0.39, 0.29) is 47.4 Å². The molecule has 3 aromatic heterocycles. The van der Waals surface area contributed by atoms with Crippen LogP contribution in [0.5, 0.6) is 5.88 Å². The number of aliphatic hydroxyl groups is 1. The minimum Gasteiger partial charge on any atom is -0.472 e. The third kappa shape index (κ3) is 5.59. The Morgan fingerprint density at radius 1 is 1.18 bits per heavy atom. The lowest BCUT2D eigenvalue weighted by atomic mass is 10.2. The molecule has 0 radical (unpaired) electrons. The van der Waals surface area contributed by atoms with Gasteiger partial charge >= 0.3 is 0 Å². The molecule has 4 heterocycles. The molecule has 14 heteroatoms. The Morgan fingerprint density at radius 3 is 2.55 bits per heavy atom. The molecule has 1 aliphatic rings. The van der Waals surface area contributed by atoms with Gasteiger partial charge in [0.05, 0.1) is 37.2 Å². The number of ether oxygens (including phenoxy) is 2. The second kappa shape index (κ2) is 11.9. The first-order chi connectivity index (χ1) is 18.2. The van der Waals surface area contributed by atoms with E-state index in [1.165, 1.54) is 16.6 Å². The number of rotatable bonds is 11. The van der Waals surface area contributed by atoms with Crippen LogP contribution in [0.1, 0.15) is 26.5 Å². The van der Waals surface area contributed by atoms with E-state index in [1.54, 1.807) is 18.7 Å². The first kappa shape index (κ1) is 28.1. The lowest BCUT2D eigenvalue weighted by Crippen LogP contribution is -2.48. The molecule has 1 fully saturated rings. The van der Waals surface area contributed by atoms with E-state index in [9.17, 15) is 18.3 Å². The van der Waals surface area contributed by atoms with Crippen LogP contribution in [0.25, 0.3) is 22.4 Å². The van der Waals surface area contributed by atoms with E-state index >= 15 is 0 Å². The standard InChI is InChI=1S/C24H35N7O6S/c1-5-19-20-21(28-31(19)11-12-32)23(33)27-22(26-20)18-13-17(14-25-24(18)37-16(3)15-36-4)38(34,35)30-9-7-29(6-2)8-10-30/h13-14,16,32H,5-12,15H2,1-4H3,(H,26,27,33). The predicted octanol–water partition coefficient (Wildman–Crippen LogP) is 0.476. The average Bonchev–Trinajstić information content (AvgIpc) is 3.26. The van der Waals surface area contributed by atoms with Gasteiger partial charge in [-0.15, -0.1) is 0 Å². The van der Waals surface area contributed by atoms with E-state index in [2.05, 4.69) is 25.0 Å². The molecule has 13 nitrogen and oxygen atoms in total. The summed E-state index contributed by atoms with van der Waals surface area (Å²) in [6.45, 7) is 9.01. The SMILES string of the molecule is CCc1c2nc(-c3cc(S(=O)(=O)N4CCN(CC)CC4)cnc3OC(C)COC)[nH]c(=O)c2nn1CCO. The van der Waals surface area contributed by atoms with Crippen molar-refractivity contribution in [2.24, 2.45) is 0 Å². The molecule has 0 spiro atoms. The van der Waals surface area contributed by atoms with Crippen LogP contribution in [0, 0.1) is 0 Å². The molecule has 0 bridgehead atoms. The third-order valence-electron chi connectivity index (χ3n) is 6.56. The number of nitrogens with zero attached hydrogens (tertiary/aromatic N) is 6.